The minimum absolute atomic E-state index is 0.138. The first-order valence-corrected chi connectivity index (χ1v) is 3.82. The van der Waals surface area contributed by atoms with Crippen LogP contribution >= 0.6 is 0 Å². The summed E-state index contributed by atoms with van der Waals surface area (Å²) < 4.78 is 4.68. The van der Waals surface area contributed by atoms with Crippen LogP contribution in [0, 0.1) is 0 Å². The normalized spacial score (nSPS) is 11.2. The van der Waals surface area contributed by atoms with Crippen LogP contribution in [0.15, 0.2) is 5.16 Å². The Labute approximate surface area is 71.2 Å². The number of carbonyl (C=O) groups is 1. The molecule has 0 amide bonds. The molecule has 3 N–H and O–H groups in total. The summed E-state index contributed by atoms with van der Waals surface area (Å²) in [5, 5.41) is 10.9. The van der Waals surface area contributed by atoms with Crippen molar-refractivity contribution in [2.24, 2.45) is 10.9 Å². The fourth-order valence-electron chi connectivity index (χ4n) is 0.697. The van der Waals surface area contributed by atoms with Crippen molar-refractivity contribution < 1.29 is 14.7 Å². The third-order valence-corrected chi connectivity index (χ3v) is 1.25. The Morgan fingerprint density at radius 3 is 2.75 bits per heavy atom. The van der Waals surface area contributed by atoms with E-state index < -0.39 is 0 Å². The molecule has 70 valence electrons. The number of ether oxygens (including phenoxy) is 1. The molecule has 0 aliphatic heterocycles. The number of amidine groups is 1. The molecule has 0 atom stereocenters. The fraction of sp³-hybridized carbons (Fsp3) is 0.714. The summed E-state index contributed by atoms with van der Waals surface area (Å²) in [5.74, 6) is -0.109. The smallest absolute Gasteiger partial charge is 0.305 e. The highest BCUT2D eigenvalue weighted by Crippen LogP contribution is 1.97. The van der Waals surface area contributed by atoms with Gasteiger partial charge in [0.15, 0.2) is 0 Å². The number of hydrogen-bond acceptors (Lipinski definition) is 4. The maximum Gasteiger partial charge on any atom is 0.305 e. The van der Waals surface area contributed by atoms with Gasteiger partial charge in [-0.05, 0) is 13.3 Å². The van der Waals surface area contributed by atoms with Crippen molar-refractivity contribution in [3.8, 4) is 0 Å². The third-order valence-electron chi connectivity index (χ3n) is 1.25. The number of esters is 1. The minimum Gasteiger partial charge on any atom is -0.466 e. The maximum absolute atomic E-state index is 10.7. The quantitative estimate of drug-likeness (QED) is 0.208. The van der Waals surface area contributed by atoms with Crippen LogP contribution in [-0.4, -0.2) is 23.6 Å². The van der Waals surface area contributed by atoms with Crippen LogP contribution in [0.2, 0.25) is 0 Å². The van der Waals surface area contributed by atoms with Crippen LogP contribution in [0.5, 0.6) is 0 Å². The van der Waals surface area contributed by atoms with E-state index in [-0.39, 0.29) is 11.8 Å². The minimum atomic E-state index is -0.247. The summed E-state index contributed by atoms with van der Waals surface area (Å²) in [7, 11) is 0. The number of hydrogen-bond donors (Lipinski definition) is 2. The lowest BCUT2D eigenvalue weighted by atomic mass is 10.2. The SMILES string of the molecule is CCOC(=O)CCC/C(N)=N\O. The summed E-state index contributed by atoms with van der Waals surface area (Å²) in [6.07, 6.45) is 1.27. The lowest BCUT2D eigenvalue weighted by Crippen LogP contribution is -2.12. The standard InChI is InChI=1S/C7H14N2O3/c1-2-12-7(10)5-3-4-6(8)9-11/h11H,2-5H2,1H3,(H2,8,9). The second kappa shape index (κ2) is 6.45. The molecule has 0 unspecified atom stereocenters. The van der Waals surface area contributed by atoms with Gasteiger partial charge in [0.1, 0.15) is 5.84 Å². The molecule has 5 nitrogen and oxygen atoms in total. The molecule has 0 fully saturated rings. The van der Waals surface area contributed by atoms with Gasteiger partial charge in [-0.1, -0.05) is 5.16 Å². The zero-order chi connectivity index (χ0) is 9.40. The van der Waals surface area contributed by atoms with Crippen LogP contribution in [-0.2, 0) is 9.53 Å². The Morgan fingerprint density at radius 2 is 2.25 bits per heavy atom. The maximum atomic E-state index is 10.7. The van der Waals surface area contributed by atoms with E-state index in [9.17, 15) is 4.79 Å². The number of rotatable bonds is 5. The van der Waals surface area contributed by atoms with Gasteiger partial charge in [-0.15, -0.1) is 0 Å². The molecular formula is C7H14N2O3. The second-order valence-corrected chi connectivity index (χ2v) is 2.25. The largest absolute Gasteiger partial charge is 0.466 e. The highest BCUT2D eigenvalue weighted by atomic mass is 16.5. The van der Waals surface area contributed by atoms with Crippen molar-refractivity contribution in [1.82, 2.24) is 0 Å². The molecule has 0 aromatic carbocycles. The van der Waals surface area contributed by atoms with Crippen LogP contribution in [0.25, 0.3) is 0 Å². The third kappa shape index (κ3) is 5.52. The van der Waals surface area contributed by atoms with Crippen molar-refractivity contribution in [2.45, 2.75) is 26.2 Å². The Hall–Kier alpha value is -1.26. The summed E-state index contributed by atoms with van der Waals surface area (Å²) in [5.41, 5.74) is 5.18. The molecule has 0 saturated heterocycles. The van der Waals surface area contributed by atoms with E-state index in [4.69, 9.17) is 10.9 Å². The molecular weight excluding hydrogens is 160 g/mol. The Morgan fingerprint density at radius 1 is 1.58 bits per heavy atom. The summed E-state index contributed by atoms with van der Waals surface area (Å²) in [6.45, 7) is 2.14. The van der Waals surface area contributed by atoms with E-state index in [2.05, 4.69) is 9.89 Å². The molecule has 5 heteroatoms. The summed E-state index contributed by atoms with van der Waals surface area (Å²) >= 11 is 0. The van der Waals surface area contributed by atoms with Crippen molar-refractivity contribution in [3.05, 3.63) is 0 Å². The van der Waals surface area contributed by atoms with E-state index in [1.807, 2.05) is 0 Å². The van der Waals surface area contributed by atoms with Crippen LogP contribution in [0.1, 0.15) is 26.2 Å². The molecule has 0 aliphatic carbocycles. The molecule has 0 aliphatic rings. The number of nitrogens with two attached hydrogens (primary N) is 1. The Kier molecular flexibility index (Phi) is 5.77. The van der Waals surface area contributed by atoms with Gasteiger partial charge in [-0.2, -0.15) is 0 Å². The fourth-order valence-corrected chi connectivity index (χ4v) is 0.697. The second-order valence-electron chi connectivity index (χ2n) is 2.25. The molecule has 0 spiro atoms. The average Bonchev–Trinajstić information content (AvgIpc) is 2.04. The van der Waals surface area contributed by atoms with Gasteiger partial charge in [0.25, 0.3) is 0 Å². The first-order valence-electron chi connectivity index (χ1n) is 3.82. The van der Waals surface area contributed by atoms with E-state index in [1.165, 1.54) is 0 Å². The van der Waals surface area contributed by atoms with E-state index in [0.717, 1.165) is 0 Å². The van der Waals surface area contributed by atoms with Crippen molar-refractivity contribution >= 4 is 11.8 Å². The van der Waals surface area contributed by atoms with E-state index >= 15 is 0 Å². The van der Waals surface area contributed by atoms with Crippen LogP contribution in [0.3, 0.4) is 0 Å². The molecule has 0 bridgehead atoms. The van der Waals surface area contributed by atoms with Crippen LogP contribution < -0.4 is 5.73 Å². The number of nitrogens with zero attached hydrogens (tertiary/aromatic N) is 1. The molecule has 0 aromatic rings. The van der Waals surface area contributed by atoms with Crippen LogP contribution in [0.4, 0.5) is 0 Å². The predicted octanol–water partition coefficient (Wildman–Crippen LogP) is 0.466. The Balaban J connectivity index is 3.37. The molecule has 0 saturated carbocycles. The topological polar surface area (TPSA) is 84.9 Å². The van der Waals surface area contributed by atoms with Gasteiger partial charge in [-0.3, -0.25) is 4.79 Å². The van der Waals surface area contributed by atoms with Gasteiger partial charge in [0, 0.05) is 12.8 Å². The van der Waals surface area contributed by atoms with Crippen molar-refractivity contribution in [2.75, 3.05) is 6.61 Å². The highest BCUT2D eigenvalue weighted by molar-refractivity contribution is 5.80. The lowest BCUT2D eigenvalue weighted by molar-refractivity contribution is -0.143. The highest BCUT2D eigenvalue weighted by Gasteiger charge is 2.01. The zero-order valence-corrected chi connectivity index (χ0v) is 7.12. The van der Waals surface area contributed by atoms with Crippen molar-refractivity contribution in [1.29, 1.82) is 0 Å². The van der Waals surface area contributed by atoms with Gasteiger partial charge in [-0.25, -0.2) is 0 Å². The van der Waals surface area contributed by atoms with Gasteiger partial charge in [0.05, 0.1) is 6.61 Å². The molecule has 12 heavy (non-hydrogen) atoms. The monoisotopic (exact) mass is 174 g/mol. The average molecular weight is 174 g/mol. The molecule has 0 radical (unpaired) electrons. The zero-order valence-electron chi connectivity index (χ0n) is 7.12. The van der Waals surface area contributed by atoms with Gasteiger partial charge in [0.2, 0.25) is 0 Å². The summed E-state index contributed by atoms with van der Waals surface area (Å²) in [6, 6.07) is 0. The molecule has 0 heterocycles. The first kappa shape index (κ1) is 10.7. The number of carbonyl (C=O) groups excluding carboxylic acids is 1. The summed E-state index contributed by atoms with van der Waals surface area (Å²) in [4.78, 5) is 10.7. The Bertz CT molecular complexity index is 168. The molecule has 0 rings (SSSR count). The van der Waals surface area contributed by atoms with Crippen molar-refractivity contribution in [3.63, 3.8) is 0 Å². The molecule has 0 aromatic heterocycles. The van der Waals surface area contributed by atoms with Gasteiger partial charge >= 0.3 is 5.97 Å². The number of oxime groups is 1. The lowest BCUT2D eigenvalue weighted by Gasteiger charge is -2.00. The predicted molar refractivity (Wildman–Crippen MR) is 43.9 cm³/mol. The van der Waals surface area contributed by atoms with E-state index in [1.54, 1.807) is 6.92 Å². The van der Waals surface area contributed by atoms with E-state index in [0.29, 0.717) is 25.9 Å². The first-order chi connectivity index (χ1) is 5.70. The van der Waals surface area contributed by atoms with Gasteiger partial charge < -0.3 is 15.7 Å².